The van der Waals surface area contributed by atoms with Gasteiger partial charge >= 0.3 is 0 Å². The highest BCUT2D eigenvalue weighted by molar-refractivity contribution is 5.95. The van der Waals surface area contributed by atoms with Crippen LogP contribution in [0.2, 0.25) is 0 Å². The molecule has 0 bridgehead atoms. The van der Waals surface area contributed by atoms with E-state index in [2.05, 4.69) is 21.4 Å². The van der Waals surface area contributed by atoms with E-state index in [4.69, 9.17) is 9.26 Å². The minimum atomic E-state index is -0.0170. The Balaban J connectivity index is 1.34. The van der Waals surface area contributed by atoms with Gasteiger partial charge in [-0.05, 0) is 56.5 Å². The molecular weight excluding hydrogens is 402 g/mol. The molecule has 6 nitrogen and oxygen atoms in total. The number of nitrogens with one attached hydrogen (secondary N) is 1. The van der Waals surface area contributed by atoms with Gasteiger partial charge in [-0.25, -0.2) is 0 Å². The van der Waals surface area contributed by atoms with Crippen LogP contribution in [0.1, 0.15) is 48.3 Å². The average molecular weight is 434 g/mol. The maximum Gasteiger partial charge on any atom is 0.228 e. The fourth-order valence-electron chi connectivity index (χ4n) is 4.11. The van der Waals surface area contributed by atoms with Gasteiger partial charge in [-0.15, -0.1) is 0 Å². The highest BCUT2D eigenvalue weighted by atomic mass is 16.5. The van der Waals surface area contributed by atoms with Gasteiger partial charge in [-0.2, -0.15) is 0 Å². The number of carbonyl (C=O) groups is 1. The Bertz CT molecular complexity index is 1020. The molecule has 0 spiro atoms. The highest BCUT2D eigenvalue weighted by Crippen LogP contribution is 2.28. The number of amides is 1. The zero-order chi connectivity index (χ0) is 22.3. The summed E-state index contributed by atoms with van der Waals surface area (Å²) in [5.74, 6) is 1.51. The molecular formula is C26H31N3O3. The lowest BCUT2D eigenvalue weighted by Gasteiger charge is -2.25. The fourth-order valence-corrected chi connectivity index (χ4v) is 4.11. The predicted octanol–water partition coefficient (Wildman–Crippen LogP) is 5.43. The van der Waals surface area contributed by atoms with Gasteiger partial charge in [0.25, 0.3) is 0 Å². The number of rotatable bonds is 7. The maximum absolute atomic E-state index is 12.7. The van der Waals surface area contributed by atoms with Crippen LogP contribution in [0, 0.1) is 13.8 Å². The molecule has 1 saturated heterocycles. The summed E-state index contributed by atoms with van der Waals surface area (Å²) in [5.41, 5.74) is 4.76. The number of hydrogen-bond donors (Lipinski definition) is 1. The lowest BCUT2D eigenvalue weighted by molar-refractivity contribution is -0.115. The van der Waals surface area contributed by atoms with Crippen molar-refractivity contribution in [3.05, 3.63) is 71.1 Å². The van der Waals surface area contributed by atoms with Crippen LogP contribution in [0.4, 0.5) is 11.4 Å². The van der Waals surface area contributed by atoms with Gasteiger partial charge in [0, 0.05) is 13.1 Å². The maximum atomic E-state index is 12.7. The largest absolute Gasteiger partial charge is 0.489 e. The van der Waals surface area contributed by atoms with Gasteiger partial charge in [0.1, 0.15) is 18.1 Å². The first kappa shape index (κ1) is 21.9. The van der Waals surface area contributed by atoms with Crippen molar-refractivity contribution in [3.8, 4) is 5.75 Å². The Morgan fingerprint density at radius 1 is 1.03 bits per heavy atom. The SMILES string of the molecule is Cc1noc(C)c1COc1ccc(CC(=O)Nc2ccccc2N2CCCCCC2)cc1. The molecule has 0 unspecified atom stereocenters. The standard InChI is InChI=1S/C26H31N3O3/c1-19-23(20(2)32-28-19)18-31-22-13-11-21(12-14-22)17-26(30)27-24-9-5-6-10-25(24)29-15-7-3-4-8-16-29/h5-6,9-14H,3-4,7-8,15-18H2,1-2H3,(H,27,30). The van der Waals surface area contributed by atoms with Gasteiger partial charge in [0.2, 0.25) is 5.91 Å². The van der Waals surface area contributed by atoms with Crippen molar-refractivity contribution in [2.45, 2.75) is 52.6 Å². The van der Waals surface area contributed by atoms with Crippen molar-refractivity contribution in [1.29, 1.82) is 0 Å². The number of anilines is 2. The molecule has 1 aliphatic heterocycles. The summed E-state index contributed by atoms with van der Waals surface area (Å²) in [7, 11) is 0. The monoisotopic (exact) mass is 433 g/mol. The fraction of sp³-hybridized carbons (Fsp3) is 0.385. The zero-order valence-corrected chi connectivity index (χ0v) is 18.9. The summed E-state index contributed by atoms with van der Waals surface area (Å²) in [6.07, 6.45) is 5.28. The minimum absolute atomic E-state index is 0.0170. The lowest BCUT2D eigenvalue weighted by Crippen LogP contribution is -2.26. The molecule has 1 fully saturated rings. The molecule has 168 valence electrons. The van der Waals surface area contributed by atoms with E-state index in [0.717, 1.165) is 52.8 Å². The van der Waals surface area contributed by atoms with E-state index < -0.39 is 0 Å². The molecule has 0 atom stereocenters. The summed E-state index contributed by atoms with van der Waals surface area (Å²) < 4.78 is 11.0. The molecule has 0 saturated carbocycles. The number of ether oxygens (including phenoxy) is 1. The number of aryl methyl sites for hydroxylation is 2. The smallest absolute Gasteiger partial charge is 0.228 e. The predicted molar refractivity (Wildman–Crippen MR) is 126 cm³/mol. The van der Waals surface area contributed by atoms with E-state index in [1.165, 1.54) is 25.7 Å². The molecule has 3 aromatic rings. The Hall–Kier alpha value is -3.28. The number of hydrogen-bond acceptors (Lipinski definition) is 5. The first-order chi connectivity index (χ1) is 15.6. The van der Waals surface area contributed by atoms with Gasteiger partial charge < -0.3 is 19.5 Å². The van der Waals surface area contributed by atoms with Crippen molar-refractivity contribution < 1.29 is 14.1 Å². The molecule has 6 heteroatoms. The molecule has 0 radical (unpaired) electrons. The third-order valence-corrected chi connectivity index (χ3v) is 5.98. The van der Waals surface area contributed by atoms with Crippen LogP contribution in [0.5, 0.6) is 5.75 Å². The van der Waals surface area contributed by atoms with Crippen molar-refractivity contribution in [3.63, 3.8) is 0 Å². The van der Waals surface area contributed by atoms with Gasteiger partial charge in [-0.3, -0.25) is 4.79 Å². The number of benzene rings is 2. The van der Waals surface area contributed by atoms with Crippen LogP contribution in [0.25, 0.3) is 0 Å². The third kappa shape index (κ3) is 5.49. The van der Waals surface area contributed by atoms with Crippen molar-refractivity contribution >= 4 is 17.3 Å². The zero-order valence-electron chi connectivity index (χ0n) is 18.9. The summed E-state index contributed by atoms with van der Waals surface area (Å²) in [5, 5.41) is 7.07. The molecule has 1 aliphatic rings. The van der Waals surface area contributed by atoms with Crippen molar-refractivity contribution in [2.24, 2.45) is 0 Å². The minimum Gasteiger partial charge on any atom is -0.489 e. The summed E-state index contributed by atoms with van der Waals surface area (Å²) in [6, 6.07) is 15.8. The molecule has 0 aliphatic carbocycles. The highest BCUT2D eigenvalue weighted by Gasteiger charge is 2.15. The van der Waals surface area contributed by atoms with Crippen molar-refractivity contribution in [1.82, 2.24) is 5.16 Å². The lowest BCUT2D eigenvalue weighted by atomic mass is 10.1. The second-order valence-electron chi connectivity index (χ2n) is 8.38. The number of nitrogens with zero attached hydrogens (tertiary/aromatic N) is 2. The molecule has 2 aromatic carbocycles. The molecule has 2 heterocycles. The molecule has 1 aromatic heterocycles. The van der Waals surface area contributed by atoms with Gasteiger partial charge in [-0.1, -0.05) is 42.3 Å². The second-order valence-corrected chi connectivity index (χ2v) is 8.38. The van der Waals surface area contributed by atoms with E-state index >= 15 is 0 Å². The van der Waals surface area contributed by atoms with Crippen LogP contribution in [-0.4, -0.2) is 24.2 Å². The summed E-state index contributed by atoms with van der Waals surface area (Å²) in [6.45, 7) is 6.28. The Morgan fingerprint density at radius 3 is 2.44 bits per heavy atom. The summed E-state index contributed by atoms with van der Waals surface area (Å²) >= 11 is 0. The van der Waals surface area contributed by atoms with Crippen LogP contribution in [0.15, 0.2) is 53.1 Å². The van der Waals surface area contributed by atoms with Crippen LogP contribution in [0.3, 0.4) is 0 Å². The molecule has 1 N–H and O–H groups in total. The van der Waals surface area contributed by atoms with E-state index in [1.54, 1.807) is 0 Å². The van der Waals surface area contributed by atoms with Crippen LogP contribution in [-0.2, 0) is 17.8 Å². The Labute approximate surface area is 189 Å². The first-order valence-corrected chi connectivity index (χ1v) is 11.4. The normalized spacial score (nSPS) is 14.1. The van der Waals surface area contributed by atoms with E-state index in [-0.39, 0.29) is 5.91 Å². The molecule has 32 heavy (non-hydrogen) atoms. The van der Waals surface area contributed by atoms with Gasteiger partial charge in [0.05, 0.1) is 29.1 Å². The number of aromatic nitrogens is 1. The average Bonchev–Trinajstić information content (AvgIpc) is 2.98. The molecule has 1 amide bonds. The van der Waals surface area contributed by atoms with E-state index in [0.29, 0.717) is 13.0 Å². The quantitative estimate of drug-likeness (QED) is 0.538. The van der Waals surface area contributed by atoms with Crippen LogP contribution >= 0.6 is 0 Å². The molecule has 4 rings (SSSR count). The number of para-hydroxylation sites is 2. The van der Waals surface area contributed by atoms with E-state index in [9.17, 15) is 4.79 Å². The summed E-state index contributed by atoms with van der Waals surface area (Å²) in [4.78, 5) is 15.1. The van der Waals surface area contributed by atoms with Gasteiger partial charge in [0.15, 0.2) is 0 Å². The first-order valence-electron chi connectivity index (χ1n) is 11.4. The second kappa shape index (κ2) is 10.4. The Morgan fingerprint density at radius 2 is 1.75 bits per heavy atom. The Kier molecular flexibility index (Phi) is 7.10. The van der Waals surface area contributed by atoms with Crippen LogP contribution < -0.4 is 15.0 Å². The topological polar surface area (TPSA) is 67.6 Å². The number of carbonyl (C=O) groups excluding carboxylic acids is 1. The van der Waals surface area contributed by atoms with E-state index in [1.807, 2.05) is 56.3 Å². The van der Waals surface area contributed by atoms with Crippen molar-refractivity contribution in [2.75, 3.05) is 23.3 Å². The third-order valence-electron chi connectivity index (χ3n) is 5.98.